The summed E-state index contributed by atoms with van der Waals surface area (Å²) in [6.45, 7) is -0.274. The van der Waals surface area contributed by atoms with E-state index >= 15 is 0 Å². The molecular weight excluding hydrogens is 155 g/mol. The van der Waals surface area contributed by atoms with E-state index in [1.54, 1.807) is 0 Å². The van der Waals surface area contributed by atoms with Gasteiger partial charge >= 0.3 is 0 Å². The predicted octanol–water partition coefficient (Wildman–Crippen LogP) is 2.89. The van der Waals surface area contributed by atoms with Gasteiger partial charge in [0.2, 0.25) is 0 Å². The van der Waals surface area contributed by atoms with E-state index in [1.165, 1.54) is 6.42 Å². The summed E-state index contributed by atoms with van der Waals surface area (Å²) in [5, 5.41) is 0. The van der Waals surface area contributed by atoms with Crippen LogP contribution in [0.2, 0.25) is 0 Å². The number of rotatable bonds is 3. The van der Waals surface area contributed by atoms with Crippen LogP contribution in [0, 0.1) is 5.92 Å². The smallest absolute Gasteiger partial charge is 0.135 e. The summed E-state index contributed by atoms with van der Waals surface area (Å²) in [7, 11) is 0. The molecule has 70 valence electrons. The highest BCUT2D eigenvalue weighted by molar-refractivity contribution is 5.81. The number of carbonyl (C=O) groups excluding carboxylic acids is 1. The summed E-state index contributed by atoms with van der Waals surface area (Å²) in [6, 6.07) is 0. The third kappa shape index (κ3) is 2.92. The highest BCUT2D eigenvalue weighted by Gasteiger charge is 2.19. The Morgan fingerprint density at radius 1 is 1.33 bits per heavy atom. The van der Waals surface area contributed by atoms with Gasteiger partial charge < -0.3 is 0 Å². The molecule has 12 heavy (non-hydrogen) atoms. The van der Waals surface area contributed by atoms with Crippen LogP contribution in [-0.4, -0.2) is 12.5 Å². The second-order valence-electron chi connectivity index (χ2n) is 3.59. The number of halogens is 1. The quantitative estimate of drug-likeness (QED) is 0.598. The summed E-state index contributed by atoms with van der Waals surface area (Å²) < 4.78 is 11.9. The monoisotopic (exact) mass is 172 g/mol. The fourth-order valence-corrected chi connectivity index (χ4v) is 1.86. The van der Waals surface area contributed by atoms with E-state index < -0.39 is 0 Å². The molecule has 1 fully saturated rings. The van der Waals surface area contributed by atoms with Gasteiger partial charge in [0.05, 0.1) is 6.67 Å². The van der Waals surface area contributed by atoms with Crippen molar-refractivity contribution < 1.29 is 9.18 Å². The van der Waals surface area contributed by atoms with Crippen LogP contribution >= 0.6 is 0 Å². The van der Waals surface area contributed by atoms with Gasteiger partial charge in [0.1, 0.15) is 5.78 Å². The highest BCUT2D eigenvalue weighted by atomic mass is 19.1. The van der Waals surface area contributed by atoms with Gasteiger partial charge in [-0.1, -0.05) is 12.8 Å². The molecule has 0 bridgehead atoms. The molecule has 1 atom stereocenters. The number of carbonyl (C=O) groups is 1. The van der Waals surface area contributed by atoms with E-state index in [0.717, 1.165) is 32.1 Å². The van der Waals surface area contributed by atoms with E-state index in [9.17, 15) is 9.18 Å². The highest BCUT2D eigenvalue weighted by Crippen LogP contribution is 2.23. The van der Waals surface area contributed by atoms with Crippen molar-refractivity contribution in [3.63, 3.8) is 0 Å². The Hall–Kier alpha value is -0.400. The second kappa shape index (κ2) is 5.28. The van der Waals surface area contributed by atoms with Gasteiger partial charge in [-0.15, -0.1) is 0 Å². The average molecular weight is 172 g/mol. The zero-order chi connectivity index (χ0) is 8.81. The molecule has 1 rings (SSSR count). The Morgan fingerprint density at radius 2 is 2.17 bits per heavy atom. The normalized spacial score (nSPS) is 25.4. The lowest BCUT2D eigenvalue weighted by molar-refractivity contribution is -0.122. The molecule has 1 aliphatic carbocycles. The van der Waals surface area contributed by atoms with E-state index in [4.69, 9.17) is 0 Å². The van der Waals surface area contributed by atoms with Gasteiger partial charge in [0, 0.05) is 12.3 Å². The van der Waals surface area contributed by atoms with Gasteiger partial charge in [-0.25, -0.2) is 0 Å². The fraction of sp³-hybridized carbons (Fsp3) is 0.900. The van der Waals surface area contributed by atoms with Gasteiger partial charge in [-0.05, 0) is 25.7 Å². The van der Waals surface area contributed by atoms with Gasteiger partial charge in [0.25, 0.3) is 0 Å². The minimum absolute atomic E-state index is 0.184. The molecule has 1 aliphatic rings. The fourth-order valence-electron chi connectivity index (χ4n) is 1.86. The Kier molecular flexibility index (Phi) is 4.26. The topological polar surface area (TPSA) is 17.1 Å². The first-order valence-corrected chi connectivity index (χ1v) is 4.93. The lowest BCUT2D eigenvalue weighted by Gasteiger charge is -2.10. The first-order chi connectivity index (χ1) is 5.84. The molecule has 1 saturated carbocycles. The molecule has 2 heteroatoms. The molecule has 0 heterocycles. The van der Waals surface area contributed by atoms with Crippen LogP contribution in [0.3, 0.4) is 0 Å². The third-order valence-electron chi connectivity index (χ3n) is 2.62. The van der Waals surface area contributed by atoms with Crippen LogP contribution in [0.4, 0.5) is 4.39 Å². The molecule has 0 radical (unpaired) electrons. The third-order valence-corrected chi connectivity index (χ3v) is 2.62. The summed E-state index contributed by atoms with van der Waals surface area (Å²) >= 11 is 0. The second-order valence-corrected chi connectivity index (χ2v) is 3.59. The van der Waals surface area contributed by atoms with Crippen LogP contribution in [0.25, 0.3) is 0 Å². The van der Waals surface area contributed by atoms with Crippen molar-refractivity contribution in [2.24, 2.45) is 5.92 Å². The minimum Gasteiger partial charge on any atom is -0.299 e. The number of ketones is 1. The molecule has 1 nitrogen and oxygen atoms in total. The standard InChI is InChI=1S/C10H17FO/c11-8-4-6-9-5-2-1-3-7-10(9)12/h9H,1-8H2. The molecule has 0 aromatic rings. The number of alkyl halides is 1. The minimum atomic E-state index is -0.274. The molecule has 0 aromatic carbocycles. The molecule has 0 spiro atoms. The van der Waals surface area contributed by atoms with Crippen LogP contribution < -0.4 is 0 Å². The molecule has 0 aliphatic heterocycles. The number of Topliss-reactive ketones (excluding diaryl/α,β-unsaturated/α-hetero) is 1. The largest absolute Gasteiger partial charge is 0.299 e. The summed E-state index contributed by atoms with van der Waals surface area (Å²) in [5.74, 6) is 0.559. The van der Waals surface area contributed by atoms with Crippen LogP contribution in [0.1, 0.15) is 44.9 Å². The zero-order valence-corrected chi connectivity index (χ0v) is 7.52. The first kappa shape index (κ1) is 9.69. The Bertz CT molecular complexity index is 145. The van der Waals surface area contributed by atoms with Crippen molar-refractivity contribution in [3.05, 3.63) is 0 Å². The lowest BCUT2D eigenvalue weighted by atomic mass is 9.94. The summed E-state index contributed by atoms with van der Waals surface area (Å²) in [5.41, 5.74) is 0. The molecule has 1 unspecified atom stereocenters. The van der Waals surface area contributed by atoms with E-state index in [2.05, 4.69) is 0 Å². The maximum atomic E-state index is 11.9. The maximum Gasteiger partial charge on any atom is 0.135 e. The SMILES string of the molecule is O=C1CCCCCC1CCCF. The van der Waals surface area contributed by atoms with E-state index in [0.29, 0.717) is 12.2 Å². The Balaban J connectivity index is 2.31. The maximum absolute atomic E-state index is 11.9. The Morgan fingerprint density at radius 3 is 2.92 bits per heavy atom. The van der Waals surface area contributed by atoms with Crippen molar-refractivity contribution in [2.75, 3.05) is 6.67 Å². The van der Waals surface area contributed by atoms with Crippen molar-refractivity contribution >= 4 is 5.78 Å². The molecule has 0 amide bonds. The van der Waals surface area contributed by atoms with Gasteiger partial charge in [0.15, 0.2) is 0 Å². The number of hydrogen-bond donors (Lipinski definition) is 0. The molecule has 0 saturated heterocycles. The van der Waals surface area contributed by atoms with Crippen molar-refractivity contribution in [3.8, 4) is 0 Å². The average Bonchev–Trinajstić information content (AvgIpc) is 2.27. The van der Waals surface area contributed by atoms with Crippen LogP contribution in [0.15, 0.2) is 0 Å². The molecule has 0 aromatic heterocycles. The van der Waals surface area contributed by atoms with E-state index in [-0.39, 0.29) is 12.6 Å². The van der Waals surface area contributed by atoms with Crippen molar-refractivity contribution in [1.29, 1.82) is 0 Å². The van der Waals surface area contributed by atoms with Crippen LogP contribution in [-0.2, 0) is 4.79 Å². The first-order valence-electron chi connectivity index (χ1n) is 4.93. The van der Waals surface area contributed by atoms with Crippen LogP contribution in [0.5, 0.6) is 0 Å². The Labute approximate surface area is 73.3 Å². The molecular formula is C10H17FO. The lowest BCUT2D eigenvalue weighted by Crippen LogP contribution is -2.12. The van der Waals surface area contributed by atoms with Crippen molar-refractivity contribution in [1.82, 2.24) is 0 Å². The zero-order valence-electron chi connectivity index (χ0n) is 7.52. The predicted molar refractivity (Wildman–Crippen MR) is 46.8 cm³/mol. The summed E-state index contributed by atoms with van der Waals surface area (Å²) in [4.78, 5) is 11.4. The van der Waals surface area contributed by atoms with E-state index in [1.807, 2.05) is 0 Å². The summed E-state index contributed by atoms with van der Waals surface area (Å²) in [6.07, 6.45) is 6.45. The molecule has 0 N–H and O–H groups in total. The number of hydrogen-bond acceptors (Lipinski definition) is 1. The van der Waals surface area contributed by atoms with Gasteiger partial charge in [-0.2, -0.15) is 0 Å². The van der Waals surface area contributed by atoms with Gasteiger partial charge in [-0.3, -0.25) is 9.18 Å². The van der Waals surface area contributed by atoms with Crippen molar-refractivity contribution in [2.45, 2.75) is 44.9 Å².